The van der Waals surface area contributed by atoms with Gasteiger partial charge in [0.15, 0.2) is 5.78 Å². The topological polar surface area (TPSA) is 43.4 Å². The molecule has 0 radical (unpaired) electrons. The van der Waals surface area contributed by atoms with E-state index in [1.54, 1.807) is 6.92 Å². The number of hydrogen-bond acceptors (Lipinski definition) is 3. The second kappa shape index (κ2) is 5.13. The second-order valence-electron chi connectivity index (χ2n) is 4.27. The summed E-state index contributed by atoms with van der Waals surface area (Å²) in [6, 6.07) is 7.67. The molecular weight excluding hydrogens is 216 g/mol. The van der Waals surface area contributed by atoms with Crippen LogP contribution < -0.4 is 0 Å². The highest BCUT2D eigenvalue weighted by Gasteiger charge is 2.30. The summed E-state index contributed by atoms with van der Waals surface area (Å²) >= 11 is 0. The van der Waals surface area contributed by atoms with Crippen LogP contribution in [0.4, 0.5) is 0 Å². The van der Waals surface area contributed by atoms with Crippen LogP contribution in [-0.2, 0) is 16.0 Å². The Morgan fingerprint density at radius 3 is 2.88 bits per heavy atom. The average molecular weight is 232 g/mol. The maximum atomic E-state index is 12.0. The number of ketones is 1. The Morgan fingerprint density at radius 2 is 2.18 bits per heavy atom. The van der Waals surface area contributed by atoms with Gasteiger partial charge in [0.25, 0.3) is 0 Å². The zero-order chi connectivity index (χ0) is 12.3. The van der Waals surface area contributed by atoms with Crippen LogP contribution in [-0.4, -0.2) is 18.4 Å². The lowest BCUT2D eigenvalue weighted by atomic mass is 9.99. The smallest absolute Gasteiger partial charge is 0.305 e. The predicted octanol–water partition coefficient (Wildman–Crippen LogP) is 2.38. The molecule has 0 amide bonds. The highest BCUT2D eigenvalue weighted by Crippen LogP contribution is 2.29. The van der Waals surface area contributed by atoms with Crippen LogP contribution in [0.5, 0.6) is 0 Å². The van der Waals surface area contributed by atoms with Gasteiger partial charge in [0, 0.05) is 17.9 Å². The van der Waals surface area contributed by atoms with E-state index >= 15 is 0 Å². The number of ether oxygens (including phenoxy) is 1. The zero-order valence-corrected chi connectivity index (χ0v) is 9.94. The minimum atomic E-state index is -0.212. The van der Waals surface area contributed by atoms with Gasteiger partial charge in [-0.05, 0) is 25.3 Å². The standard InChI is InChI=1S/C14H16O3/c1-2-17-13(15)8-7-11-9-10-5-3-4-6-12(10)14(11)16/h3-6,11H,2,7-9H2,1H3/t11-/m0/s1. The summed E-state index contributed by atoms with van der Waals surface area (Å²) in [5, 5.41) is 0. The molecule has 3 nitrogen and oxygen atoms in total. The van der Waals surface area contributed by atoms with E-state index < -0.39 is 0 Å². The molecule has 0 aromatic heterocycles. The third-order valence-corrected chi connectivity index (χ3v) is 3.12. The van der Waals surface area contributed by atoms with Crippen molar-refractivity contribution in [3.63, 3.8) is 0 Å². The van der Waals surface area contributed by atoms with Crippen molar-refractivity contribution in [3.05, 3.63) is 35.4 Å². The Balaban J connectivity index is 1.94. The molecule has 0 aliphatic heterocycles. The van der Waals surface area contributed by atoms with Crippen molar-refractivity contribution in [3.8, 4) is 0 Å². The average Bonchev–Trinajstić information content (AvgIpc) is 2.65. The summed E-state index contributed by atoms with van der Waals surface area (Å²) in [6.45, 7) is 2.19. The highest BCUT2D eigenvalue weighted by atomic mass is 16.5. The van der Waals surface area contributed by atoms with Crippen molar-refractivity contribution in [2.45, 2.75) is 26.2 Å². The van der Waals surface area contributed by atoms with Crippen molar-refractivity contribution >= 4 is 11.8 Å². The van der Waals surface area contributed by atoms with E-state index in [0.717, 1.165) is 17.5 Å². The highest BCUT2D eigenvalue weighted by molar-refractivity contribution is 6.02. The Kier molecular flexibility index (Phi) is 3.57. The molecule has 1 aliphatic carbocycles. The van der Waals surface area contributed by atoms with Crippen LogP contribution in [0.1, 0.15) is 35.7 Å². The SMILES string of the molecule is CCOC(=O)CC[C@H]1Cc2ccccc2C1=O. The third kappa shape index (κ3) is 2.54. The summed E-state index contributed by atoms with van der Waals surface area (Å²) in [6.07, 6.45) is 1.68. The van der Waals surface area contributed by atoms with E-state index in [2.05, 4.69) is 0 Å². The summed E-state index contributed by atoms with van der Waals surface area (Å²) in [4.78, 5) is 23.3. The van der Waals surface area contributed by atoms with Gasteiger partial charge in [-0.25, -0.2) is 0 Å². The van der Waals surface area contributed by atoms with Crippen molar-refractivity contribution in [2.75, 3.05) is 6.61 Å². The minimum absolute atomic E-state index is 0.0446. The number of esters is 1. The molecule has 0 saturated carbocycles. The molecule has 1 aromatic rings. The normalized spacial score (nSPS) is 17.9. The lowest BCUT2D eigenvalue weighted by molar-refractivity contribution is -0.143. The van der Waals surface area contributed by atoms with Crippen LogP contribution in [0, 0.1) is 5.92 Å². The van der Waals surface area contributed by atoms with E-state index in [9.17, 15) is 9.59 Å². The number of hydrogen-bond donors (Lipinski definition) is 0. The van der Waals surface area contributed by atoms with Crippen molar-refractivity contribution in [2.24, 2.45) is 5.92 Å². The van der Waals surface area contributed by atoms with Crippen molar-refractivity contribution in [1.29, 1.82) is 0 Å². The van der Waals surface area contributed by atoms with E-state index in [4.69, 9.17) is 4.74 Å². The number of benzene rings is 1. The molecule has 1 atom stereocenters. The van der Waals surface area contributed by atoms with Gasteiger partial charge in [0.2, 0.25) is 0 Å². The van der Waals surface area contributed by atoms with Crippen LogP contribution in [0.25, 0.3) is 0 Å². The maximum absolute atomic E-state index is 12.0. The van der Waals surface area contributed by atoms with Crippen LogP contribution >= 0.6 is 0 Å². The molecule has 0 saturated heterocycles. The van der Waals surface area contributed by atoms with E-state index in [1.165, 1.54) is 0 Å². The fourth-order valence-corrected chi connectivity index (χ4v) is 2.28. The zero-order valence-electron chi connectivity index (χ0n) is 9.94. The molecule has 2 rings (SSSR count). The van der Waals surface area contributed by atoms with Gasteiger partial charge in [-0.1, -0.05) is 24.3 Å². The predicted molar refractivity (Wildman–Crippen MR) is 63.8 cm³/mol. The molecule has 17 heavy (non-hydrogen) atoms. The first-order chi connectivity index (χ1) is 8.22. The van der Waals surface area contributed by atoms with Crippen LogP contribution in [0.2, 0.25) is 0 Å². The Morgan fingerprint density at radius 1 is 1.41 bits per heavy atom. The Bertz CT molecular complexity index is 437. The maximum Gasteiger partial charge on any atom is 0.305 e. The van der Waals surface area contributed by atoms with Gasteiger partial charge < -0.3 is 4.74 Å². The molecular formula is C14H16O3. The molecule has 0 heterocycles. The van der Waals surface area contributed by atoms with Gasteiger partial charge in [0.1, 0.15) is 0 Å². The molecule has 0 bridgehead atoms. The molecule has 1 aliphatic rings. The summed E-state index contributed by atoms with van der Waals surface area (Å²) < 4.78 is 4.86. The van der Waals surface area contributed by atoms with E-state index in [0.29, 0.717) is 19.4 Å². The number of fused-ring (bicyclic) bond motifs is 1. The monoisotopic (exact) mass is 232 g/mol. The number of rotatable bonds is 4. The number of carbonyl (C=O) groups is 2. The van der Waals surface area contributed by atoms with Gasteiger partial charge >= 0.3 is 5.97 Å². The first-order valence-corrected chi connectivity index (χ1v) is 6.00. The lowest BCUT2D eigenvalue weighted by Gasteiger charge is -2.06. The molecule has 0 N–H and O–H groups in total. The lowest BCUT2D eigenvalue weighted by Crippen LogP contribution is -2.12. The Hall–Kier alpha value is -1.64. The first kappa shape index (κ1) is 11.8. The van der Waals surface area contributed by atoms with E-state index in [-0.39, 0.29) is 17.7 Å². The summed E-state index contributed by atoms with van der Waals surface area (Å²) in [5.74, 6) is -0.0852. The van der Waals surface area contributed by atoms with Crippen molar-refractivity contribution in [1.82, 2.24) is 0 Å². The fraction of sp³-hybridized carbons (Fsp3) is 0.429. The molecule has 3 heteroatoms. The van der Waals surface area contributed by atoms with Gasteiger partial charge in [-0.2, -0.15) is 0 Å². The van der Waals surface area contributed by atoms with Crippen LogP contribution in [0.15, 0.2) is 24.3 Å². The van der Waals surface area contributed by atoms with Gasteiger partial charge in [0.05, 0.1) is 6.61 Å². The number of carbonyl (C=O) groups excluding carboxylic acids is 2. The summed E-state index contributed by atoms with van der Waals surface area (Å²) in [5.41, 5.74) is 1.92. The molecule has 0 unspecified atom stereocenters. The fourth-order valence-electron chi connectivity index (χ4n) is 2.28. The van der Waals surface area contributed by atoms with Crippen LogP contribution in [0.3, 0.4) is 0 Å². The molecule has 0 fully saturated rings. The quantitative estimate of drug-likeness (QED) is 0.748. The molecule has 1 aromatic carbocycles. The molecule has 0 spiro atoms. The van der Waals surface area contributed by atoms with Gasteiger partial charge in [-0.15, -0.1) is 0 Å². The summed E-state index contributed by atoms with van der Waals surface area (Å²) in [7, 11) is 0. The second-order valence-corrected chi connectivity index (χ2v) is 4.27. The first-order valence-electron chi connectivity index (χ1n) is 6.00. The van der Waals surface area contributed by atoms with Crippen molar-refractivity contribution < 1.29 is 14.3 Å². The number of Topliss-reactive ketones (excluding diaryl/α,β-unsaturated/α-hetero) is 1. The largest absolute Gasteiger partial charge is 0.466 e. The van der Waals surface area contributed by atoms with Gasteiger partial charge in [-0.3, -0.25) is 9.59 Å². The Labute approximate surface area is 101 Å². The molecule has 90 valence electrons. The minimum Gasteiger partial charge on any atom is -0.466 e. The third-order valence-electron chi connectivity index (χ3n) is 3.12. The van der Waals surface area contributed by atoms with E-state index in [1.807, 2.05) is 24.3 Å².